The summed E-state index contributed by atoms with van der Waals surface area (Å²) in [5.41, 5.74) is 0. The van der Waals surface area contributed by atoms with Crippen LogP contribution in [-0.4, -0.2) is 46.3 Å². The van der Waals surface area contributed by atoms with Crippen LogP contribution in [0.15, 0.2) is 28.8 Å². The fraction of sp³-hybridized carbons (Fsp3) is 0.500. The number of rotatable bonds is 6. The number of aryl methyl sites for hydroxylation is 1. The van der Waals surface area contributed by atoms with Crippen LogP contribution < -0.4 is 5.32 Å². The number of nitrogens with zero attached hydrogens (tertiary/aromatic N) is 5. The van der Waals surface area contributed by atoms with Gasteiger partial charge in [-0.2, -0.15) is 0 Å². The summed E-state index contributed by atoms with van der Waals surface area (Å²) >= 11 is 1.79. The molecule has 1 N–H and O–H groups in total. The Labute approximate surface area is 152 Å². The van der Waals surface area contributed by atoms with E-state index in [1.165, 1.54) is 4.88 Å². The smallest absolute Gasteiger partial charge is 0.193 e. The van der Waals surface area contributed by atoms with Crippen LogP contribution in [0.4, 0.5) is 0 Å². The average molecular weight is 434 g/mol. The molecule has 0 radical (unpaired) electrons. The van der Waals surface area contributed by atoms with Crippen LogP contribution in [-0.2, 0) is 19.5 Å². The van der Waals surface area contributed by atoms with Crippen molar-refractivity contribution >= 4 is 41.3 Å². The van der Waals surface area contributed by atoms with Crippen molar-refractivity contribution in [3.8, 4) is 0 Å². The number of likely N-dealkylation sites (N-methyl/N-ethyl adjacent to an activating group) is 1. The quantitative estimate of drug-likeness (QED) is 0.431. The van der Waals surface area contributed by atoms with E-state index in [-0.39, 0.29) is 24.0 Å². The molecular weight excluding hydrogens is 411 g/mol. The third kappa shape index (κ3) is 5.24. The van der Waals surface area contributed by atoms with Gasteiger partial charge in [0.2, 0.25) is 0 Å². The van der Waals surface area contributed by atoms with Crippen molar-refractivity contribution in [2.24, 2.45) is 4.99 Å². The highest BCUT2D eigenvalue weighted by Gasteiger charge is 2.08. The van der Waals surface area contributed by atoms with Gasteiger partial charge in [0.15, 0.2) is 11.8 Å². The molecule has 2 rings (SSSR count). The molecule has 0 bridgehead atoms. The lowest BCUT2D eigenvalue weighted by molar-refractivity contribution is 0.483. The second-order valence-corrected chi connectivity index (χ2v) is 5.72. The number of aromatic nitrogens is 3. The number of halogens is 1. The summed E-state index contributed by atoms with van der Waals surface area (Å²) < 4.78 is 2.02. The third-order valence-electron chi connectivity index (χ3n) is 3.29. The number of hydrogen-bond donors (Lipinski definition) is 1. The summed E-state index contributed by atoms with van der Waals surface area (Å²) in [6, 6.07) is 4.25. The van der Waals surface area contributed by atoms with Crippen molar-refractivity contribution in [2.45, 2.75) is 26.4 Å². The molecule has 122 valence electrons. The molecule has 8 heteroatoms. The van der Waals surface area contributed by atoms with E-state index < -0.39 is 0 Å². The summed E-state index contributed by atoms with van der Waals surface area (Å²) in [6.45, 7) is 4.51. The monoisotopic (exact) mass is 434 g/mol. The maximum absolute atomic E-state index is 4.32. The molecule has 0 aliphatic carbocycles. The molecule has 0 aliphatic rings. The van der Waals surface area contributed by atoms with Crippen LogP contribution in [0.3, 0.4) is 0 Å². The van der Waals surface area contributed by atoms with Crippen LogP contribution in [0.25, 0.3) is 0 Å². The van der Waals surface area contributed by atoms with Crippen molar-refractivity contribution in [1.82, 2.24) is 25.0 Å². The molecule has 0 saturated heterocycles. The van der Waals surface area contributed by atoms with Crippen molar-refractivity contribution in [3.63, 3.8) is 0 Å². The lowest BCUT2D eigenvalue weighted by Gasteiger charge is -2.21. The third-order valence-corrected chi connectivity index (χ3v) is 4.22. The number of aliphatic imine (C=N–C) groups is 1. The Morgan fingerprint density at radius 2 is 2.32 bits per heavy atom. The van der Waals surface area contributed by atoms with Crippen molar-refractivity contribution in [3.05, 3.63) is 34.5 Å². The Balaban J connectivity index is 0.00000242. The van der Waals surface area contributed by atoms with Gasteiger partial charge in [-0.3, -0.25) is 4.99 Å². The number of nitrogens with one attached hydrogen (secondary N) is 1. The molecule has 2 aromatic rings. The maximum Gasteiger partial charge on any atom is 0.193 e. The van der Waals surface area contributed by atoms with Gasteiger partial charge in [-0.25, -0.2) is 0 Å². The minimum atomic E-state index is 0. The zero-order chi connectivity index (χ0) is 15.1. The van der Waals surface area contributed by atoms with E-state index in [9.17, 15) is 0 Å². The molecule has 0 aromatic carbocycles. The highest BCUT2D eigenvalue weighted by atomic mass is 127. The lowest BCUT2D eigenvalue weighted by atomic mass is 10.3. The Morgan fingerprint density at radius 3 is 2.95 bits per heavy atom. The minimum Gasteiger partial charge on any atom is -0.349 e. The van der Waals surface area contributed by atoms with E-state index in [0.29, 0.717) is 6.54 Å². The van der Waals surface area contributed by atoms with Crippen molar-refractivity contribution in [2.75, 3.05) is 20.6 Å². The molecular formula is C14H23IN6S. The summed E-state index contributed by atoms with van der Waals surface area (Å²) in [4.78, 5) is 7.84. The van der Waals surface area contributed by atoms with Crippen LogP contribution >= 0.6 is 35.3 Å². The van der Waals surface area contributed by atoms with Gasteiger partial charge in [-0.15, -0.1) is 45.5 Å². The first kappa shape index (κ1) is 18.9. The van der Waals surface area contributed by atoms with E-state index in [1.807, 2.05) is 11.6 Å². The average Bonchev–Trinajstić information content (AvgIpc) is 3.16. The first-order valence-corrected chi connectivity index (χ1v) is 7.93. The molecule has 0 amide bonds. The number of guanidine groups is 1. The largest absolute Gasteiger partial charge is 0.349 e. The van der Waals surface area contributed by atoms with Crippen LogP contribution in [0.5, 0.6) is 0 Å². The molecule has 2 heterocycles. The Hall–Kier alpha value is -1.16. The molecule has 2 aromatic heterocycles. The summed E-state index contributed by atoms with van der Waals surface area (Å²) in [5, 5.41) is 13.5. The zero-order valence-corrected chi connectivity index (χ0v) is 16.3. The van der Waals surface area contributed by atoms with Gasteiger partial charge >= 0.3 is 0 Å². The first-order valence-electron chi connectivity index (χ1n) is 7.05. The highest BCUT2D eigenvalue weighted by molar-refractivity contribution is 14.0. The van der Waals surface area contributed by atoms with Gasteiger partial charge in [0.25, 0.3) is 0 Å². The number of hydrogen-bond acceptors (Lipinski definition) is 4. The predicted molar refractivity (Wildman–Crippen MR) is 102 cm³/mol. The molecule has 22 heavy (non-hydrogen) atoms. The van der Waals surface area contributed by atoms with Crippen LogP contribution in [0.2, 0.25) is 0 Å². The summed E-state index contributed by atoms with van der Waals surface area (Å²) in [5.74, 6) is 1.79. The normalized spacial score (nSPS) is 11.1. The maximum atomic E-state index is 4.32. The van der Waals surface area contributed by atoms with E-state index in [1.54, 1.807) is 24.7 Å². The van der Waals surface area contributed by atoms with E-state index in [2.05, 4.69) is 49.8 Å². The Kier molecular flexibility index (Phi) is 8.39. The molecule has 0 saturated carbocycles. The standard InChI is InChI=1S/C14H22N6S.HI/c1-4-20-11-17-18-13(20)10-16-14(15-2)19(3)8-7-12-6-5-9-21-12;/h5-6,9,11H,4,7-8,10H2,1-3H3,(H,15,16);1H. The van der Waals surface area contributed by atoms with Gasteiger partial charge in [0.1, 0.15) is 6.33 Å². The van der Waals surface area contributed by atoms with Crippen LogP contribution in [0.1, 0.15) is 17.6 Å². The van der Waals surface area contributed by atoms with Crippen LogP contribution in [0, 0.1) is 0 Å². The highest BCUT2D eigenvalue weighted by Crippen LogP contribution is 2.09. The fourth-order valence-corrected chi connectivity index (χ4v) is 2.76. The van der Waals surface area contributed by atoms with Gasteiger partial charge in [0, 0.05) is 32.1 Å². The topological polar surface area (TPSA) is 58.3 Å². The lowest BCUT2D eigenvalue weighted by Crippen LogP contribution is -2.39. The van der Waals surface area contributed by atoms with Gasteiger partial charge in [-0.05, 0) is 24.8 Å². The summed E-state index contributed by atoms with van der Waals surface area (Å²) in [7, 11) is 3.85. The summed E-state index contributed by atoms with van der Waals surface area (Å²) in [6.07, 6.45) is 2.78. The van der Waals surface area contributed by atoms with Crippen molar-refractivity contribution in [1.29, 1.82) is 0 Å². The van der Waals surface area contributed by atoms with E-state index in [0.717, 1.165) is 31.3 Å². The van der Waals surface area contributed by atoms with Crippen molar-refractivity contribution < 1.29 is 0 Å². The molecule has 0 atom stereocenters. The van der Waals surface area contributed by atoms with Gasteiger partial charge < -0.3 is 14.8 Å². The number of thiophene rings is 1. The Bertz CT molecular complexity index is 566. The van der Waals surface area contributed by atoms with E-state index in [4.69, 9.17) is 0 Å². The Morgan fingerprint density at radius 1 is 1.50 bits per heavy atom. The molecule has 6 nitrogen and oxygen atoms in total. The van der Waals surface area contributed by atoms with E-state index >= 15 is 0 Å². The SMILES string of the molecule is CCn1cnnc1CNC(=NC)N(C)CCc1cccs1.I. The predicted octanol–water partition coefficient (Wildman–Crippen LogP) is 2.23. The minimum absolute atomic E-state index is 0. The molecule has 0 fully saturated rings. The van der Waals surface area contributed by atoms with Gasteiger partial charge in [0.05, 0.1) is 6.54 Å². The molecule has 0 aliphatic heterocycles. The molecule has 0 unspecified atom stereocenters. The zero-order valence-electron chi connectivity index (χ0n) is 13.2. The first-order chi connectivity index (χ1) is 10.2. The second kappa shape index (κ2) is 9.78. The second-order valence-electron chi connectivity index (χ2n) is 4.68. The van der Waals surface area contributed by atoms with Gasteiger partial charge in [-0.1, -0.05) is 6.07 Å². The fourth-order valence-electron chi connectivity index (χ4n) is 2.06. The molecule has 0 spiro atoms.